The molecule has 1 aliphatic rings. The number of amides is 1. The van der Waals surface area contributed by atoms with Gasteiger partial charge in [0.05, 0.1) is 5.69 Å². The molecule has 0 aliphatic carbocycles. The van der Waals surface area contributed by atoms with Crippen molar-refractivity contribution in [3.63, 3.8) is 0 Å². The molecule has 8 nitrogen and oxygen atoms in total. The number of piperidine rings is 1. The highest BCUT2D eigenvalue weighted by molar-refractivity contribution is 5.76. The Morgan fingerprint density at radius 2 is 2.00 bits per heavy atom. The van der Waals surface area contributed by atoms with Crippen molar-refractivity contribution in [3.8, 4) is 0 Å². The lowest BCUT2D eigenvalue weighted by Gasteiger charge is -2.32. The molecule has 8 heteroatoms. The number of hydrogen-bond donors (Lipinski definition) is 1. The van der Waals surface area contributed by atoms with E-state index in [2.05, 4.69) is 15.3 Å². The van der Waals surface area contributed by atoms with Crippen LogP contribution in [-0.2, 0) is 11.3 Å². The van der Waals surface area contributed by atoms with Gasteiger partial charge in [-0.25, -0.2) is 4.68 Å². The number of nitrogens with two attached hydrogens (primary N) is 1. The third-order valence-electron chi connectivity index (χ3n) is 3.89. The lowest BCUT2D eigenvalue weighted by molar-refractivity contribution is -0.133. The fraction of sp³-hybridized carbons (Fsp3) is 0.538. The zero-order chi connectivity index (χ0) is 14.8. The summed E-state index contributed by atoms with van der Waals surface area (Å²) in [5.41, 5.74) is 6.64. The summed E-state index contributed by atoms with van der Waals surface area (Å²) in [6.07, 6.45) is 5.29. The molecule has 3 rings (SSSR count). The maximum atomic E-state index is 12.3. The first kappa shape index (κ1) is 13.6. The summed E-state index contributed by atoms with van der Waals surface area (Å²) in [7, 11) is 0. The van der Waals surface area contributed by atoms with Gasteiger partial charge in [-0.2, -0.15) is 5.10 Å². The van der Waals surface area contributed by atoms with Crippen LogP contribution in [0.4, 0.5) is 5.82 Å². The van der Waals surface area contributed by atoms with Gasteiger partial charge in [0, 0.05) is 25.2 Å². The Morgan fingerprint density at radius 3 is 2.57 bits per heavy atom. The van der Waals surface area contributed by atoms with Crippen molar-refractivity contribution in [2.24, 2.45) is 0 Å². The van der Waals surface area contributed by atoms with E-state index in [1.165, 1.54) is 0 Å². The van der Waals surface area contributed by atoms with Crippen molar-refractivity contribution >= 4 is 11.7 Å². The molecular formula is C13H19N7O. The van der Waals surface area contributed by atoms with Crippen molar-refractivity contribution in [1.29, 1.82) is 0 Å². The van der Waals surface area contributed by atoms with Crippen molar-refractivity contribution in [1.82, 2.24) is 29.4 Å². The quantitative estimate of drug-likeness (QED) is 0.872. The Kier molecular flexibility index (Phi) is 3.59. The van der Waals surface area contributed by atoms with Crippen LogP contribution in [0.25, 0.3) is 0 Å². The van der Waals surface area contributed by atoms with Gasteiger partial charge in [-0.1, -0.05) is 0 Å². The highest BCUT2D eigenvalue weighted by Gasteiger charge is 2.24. The number of anilines is 1. The van der Waals surface area contributed by atoms with E-state index in [-0.39, 0.29) is 12.5 Å². The molecule has 2 aromatic heterocycles. The van der Waals surface area contributed by atoms with E-state index in [1.54, 1.807) is 23.4 Å². The summed E-state index contributed by atoms with van der Waals surface area (Å²) < 4.78 is 3.57. The highest BCUT2D eigenvalue weighted by Crippen LogP contribution is 2.22. The zero-order valence-corrected chi connectivity index (χ0v) is 12.0. The molecule has 1 saturated heterocycles. The fourth-order valence-corrected chi connectivity index (χ4v) is 2.73. The van der Waals surface area contributed by atoms with Gasteiger partial charge in [-0.15, -0.1) is 10.2 Å². The van der Waals surface area contributed by atoms with Gasteiger partial charge in [0.15, 0.2) is 0 Å². The number of nitrogen functional groups attached to an aromatic ring is 1. The maximum Gasteiger partial charge on any atom is 0.244 e. The van der Waals surface area contributed by atoms with E-state index in [1.807, 2.05) is 16.4 Å². The summed E-state index contributed by atoms with van der Waals surface area (Å²) in [6.45, 7) is 3.54. The summed E-state index contributed by atoms with van der Waals surface area (Å²) in [6, 6.07) is 2.15. The molecule has 3 heterocycles. The van der Waals surface area contributed by atoms with Gasteiger partial charge in [-0.05, 0) is 19.8 Å². The second-order valence-electron chi connectivity index (χ2n) is 5.39. The Bertz CT molecular complexity index is 611. The number of aromatic nitrogens is 5. The minimum Gasteiger partial charge on any atom is -0.384 e. The number of hydrogen-bond acceptors (Lipinski definition) is 5. The zero-order valence-electron chi connectivity index (χ0n) is 12.0. The second-order valence-corrected chi connectivity index (χ2v) is 5.39. The molecule has 0 bridgehead atoms. The Morgan fingerprint density at radius 1 is 1.33 bits per heavy atom. The molecule has 0 aromatic carbocycles. The van der Waals surface area contributed by atoms with Crippen LogP contribution in [0.15, 0.2) is 18.7 Å². The normalized spacial score (nSPS) is 16.3. The maximum absolute atomic E-state index is 12.3. The SMILES string of the molecule is Cc1cc(N)n(CC(=O)N2CCC(n3cnnc3)CC2)n1. The number of nitrogens with zero attached hydrogens (tertiary/aromatic N) is 6. The molecular weight excluding hydrogens is 270 g/mol. The molecule has 1 amide bonds. The van der Waals surface area contributed by atoms with E-state index in [4.69, 9.17) is 5.73 Å². The second kappa shape index (κ2) is 5.55. The molecule has 21 heavy (non-hydrogen) atoms. The molecule has 0 unspecified atom stereocenters. The van der Waals surface area contributed by atoms with E-state index in [9.17, 15) is 4.79 Å². The molecule has 1 fully saturated rings. The number of carbonyl (C=O) groups is 1. The highest BCUT2D eigenvalue weighted by atomic mass is 16.2. The Labute approximate surface area is 122 Å². The third-order valence-corrected chi connectivity index (χ3v) is 3.89. The van der Waals surface area contributed by atoms with Crippen molar-refractivity contribution in [3.05, 3.63) is 24.4 Å². The molecule has 112 valence electrons. The molecule has 2 aromatic rings. The van der Waals surface area contributed by atoms with E-state index >= 15 is 0 Å². The summed E-state index contributed by atoms with van der Waals surface area (Å²) in [4.78, 5) is 14.2. The predicted molar refractivity (Wildman–Crippen MR) is 76.2 cm³/mol. The summed E-state index contributed by atoms with van der Waals surface area (Å²) >= 11 is 0. The van der Waals surface area contributed by atoms with Crippen LogP contribution in [-0.4, -0.2) is 48.4 Å². The lowest BCUT2D eigenvalue weighted by atomic mass is 10.1. The Hall–Kier alpha value is -2.38. The minimum atomic E-state index is 0.0620. The van der Waals surface area contributed by atoms with Crippen LogP contribution < -0.4 is 5.73 Å². The van der Waals surface area contributed by atoms with Crippen LogP contribution in [0, 0.1) is 6.92 Å². The van der Waals surface area contributed by atoms with Gasteiger partial charge in [-0.3, -0.25) is 4.79 Å². The molecule has 2 N–H and O–H groups in total. The first-order chi connectivity index (χ1) is 10.1. The minimum absolute atomic E-state index is 0.0620. The average molecular weight is 289 g/mol. The van der Waals surface area contributed by atoms with Crippen LogP contribution in [0.3, 0.4) is 0 Å². The topological polar surface area (TPSA) is 94.9 Å². The molecule has 0 radical (unpaired) electrons. The van der Waals surface area contributed by atoms with Crippen molar-refractivity contribution in [2.75, 3.05) is 18.8 Å². The van der Waals surface area contributed by atoms with E-state index in [0.717, 1.165) is 31.6 Å². The van der Waals surface area contributed by atoms with Crippen LogP contribution in [0.1, 0.15) is 24.6 Å². The smallest absolute Gasteiger partial charge is 0.244 e. The van der Waals surface area contributed by atoms with Gasteiger partial charge in [0.1, 0.15) is 25.0 Å². The molecule has 0 spiro atoms. The summed E-state index contributed by atoms with van der Waals surface area (Å²) in [5.74, 6) is 0.590. The van der Waals surface area contributed by atoms with Gasteiger partial charge >= 0.3 is 0 Å². The molecule has 0 atom stereocenters. The number of aryl methyl sites for hydroxylation is 1. The monoisotopic (exact) mass is 289 g/mol. The van der Waals surface area contributed by atoms with Crippen LogP contribution in [0.5, 0.6) is 0 Å². The van der Waals surface area contributed by atoms with Gasteiger partial charge in [0.25, 0.3) is 0 Å². The van der Waals surface area contributed by atoms with Crippen LogP contribution >= 0.6 is 0 Å². The van der Waals surface area contributed by atoms with E-state index in [0.29, 0.717) is 11.9 Å². The third kappa shape index (κ3) is 2.88. The molecule has 0 saturated carbocycles. The van der Waals surface area contributed by atoms with E-state index < -0.39 is 0 Å². The summed E-state index contributed by atoms with van der Waals surface area (Å²) in [5, 5.41) is 11.9. The molecule has 1 aliphatic heterocycles. The largest absolute Gasteiger partial charge is 0.384 e. The van der Waals surface area contributed by atoms with Gasteiger partial charge in [0.2, 0.25) is 5.91 Å². The Balaban J connectivity index is 1.56. The number of carbonyl (C=O) groups excluding carboxylic acids is 1. The predicted octanol–water partition coefficient (Wildman–Crippen LogP) is 0.229. The van der Waals surface area contributed by atoms with Crippen molar-refractivity contribution in [2.45, 2.75) is 32.4 Å². The number of likely N-dealkylation sites (tertiary alicyclic amines) is 1. The van der Waals surface area contributed by atoms with Crippen LogP contribution in [0.2, 0.25) is 0 Å². The lowest BCUT2D eigenvalue weighted by Crippen LogP contribution is -2.40. The fourth-order valence-electron chi connectivity index (χ4n) is 2.73. The first-order valence-corrected chi connectivity index (χ1v) is 7.05. The number of rotatable bonds is 3. The van der Waals surface area contributed by atoms with Crippen molar-refractivity contribution < 1.29 is 4.79 Å². The standard InChI is InChI=1S/C13H19N7O/c1-10-6-12(14)20(17-10)7-13(21)18-4-2-11(3-5-18)19-8-15-16-9-19/h6,8-9,11H,2-5,7,14H2,1H3. The van der Waals surface area contributed by atoms with Gasteiger partial charge < -0.3 is 15.2 Å². The average Bonchev–Trinajstić information content (AvgIpc) is 3.10. The first-order valence-electron chi connectivity index (χ1n) is 7.05.